The number of aryl methyl sites for hydroxylation is 2. The van der Waals surface area contributed by atoms with E-state index in [1.54, 1.807) is 6.92 Å². The largest absolute Gasteiger partial charge is 0.433 e. The minimum Gasteiger partial charge on any atom is -0.351 e. The summed E-state index contributed by atoms with van der Waals surface area (Å²) in [5, 5.41) is 10.2. The molecule has 0 spiro atoms. The van der Waals surface area contributed by atoms with Crippen LogP contribution in [-0.2, 0) is 17.5 Å². The third-order valence-corrected chi connectivity index (χ3v) is 6.16. The predicted molar refractivity (Wildman–Crippen MR) is 115 cm³/mol. The molecule has 2 aromatic heterocycles. The summed E-state index contributed by atoms with van der Waals surface area (Å²) < 4.78 is 40.6. The molecule has 0 saturated heterocycles. The number of hydrogen-bond donors (Lipinski definition) is 2. The second-order valence-corrected chi connectivity index (χ2v) is 9.15. The van der Waals surface area contributed by atoms with Crippen molar-refractivity contribution in [3.05, 3.63) is 23.1 Å². The predicted octanol–water partition coefficient (Wildman–Crippen LogP) is 3.61. The Hall–Kier alpha value is -2.85. The van der Waals surface area contributed by atoms with Crippen molar-refractivity contribution in [2.75, 3.05) is 22.6 Å². The van der Waals surface area contributed by atoms with Gasteiger partial charge in [-0.3, -0.25) is 9.48 Å². The Bertz CT molecular complexity index is 1030. The summed E-state index contributed by atoms with van der Waals surface area (Å²) in [7, 11) is 1.85. The van der Waals surface area contributed by atoms with E-state index in [4.69, 9.17) is 0 Å². The van der Waals surface area contributed by atoms with E-state index in [1.165, 1.54) is 0 Å². The first-order chi connectivity index (χ1) is 14.9. The highest BCUT2D eigenvalue weighted by Gasteiger charge is 2.38. The number of aromatic nitrogens is 4. The lowest BCUT2D eigenvalue weighted by molar-refractivity contribution is -0.144. The van der Waals surface area contributed by atoms with Crippen LogP contribution in [-0.4, -0.2) is 44.8 Å². The summed E-state index contributed by atoms with van der Waals surface area (Å²) in [5.41, 5.74) is 0.933. The second-order valence-electron chi connectivity index (χ2n) is 9.15. The second kappa shape index (κ2) is 7.93. The maximum atomic E-state index is 13.2. The first kappa shape index (κ1) is 22.3. The first-order valence-corrected chi connectivity index (χ1v) is 10.7. The summed E-state index contributed by atoms with van der Waals surface area (Å²) >= 11 is 0. The molecule has 1 unspecified atom stereocenters. The van der Waals surface area contributed by atoms with Crippen LogP contribution in [0.1, 0.15) is 43.8 Å². The molecule has 4 rings (SSSR count). The van der Waals surface area contributed by atoms with E-state index < -0.39 is 11.9 Å². The number of alkyl halides is 3. The van der Waals surface area contributed by atoms with Crippen LogP contribution in [0, 0.1) is 25.7 Å². The Labute approximate surface area is 184 Å². The maximum Gasteiger partial charge on any atom is 0.433 e. The van der Waals surface area contributed by atoms with Crippen LogP contribution in [0.3, 0.4) is 0 Å². The van der Waals surface area contributed by atoms with Gasteiger partial charge in [0.05, 0.1) is 11.4 Å². The molecule has 2 N–H and O–H groups in total. The van der Waals surface area contributed by atoms with Gasteiger partial charge in [-0.25, -0.2) is 4.98 Å². The SMILES string of the molecule is Cc1cc(C(F)(F)F)n(C[C@H]2C[C@@H](Nc3nc(C)c4c(n3)N(C)C(C(C)C)C(=O)N4)C2)n1. The van der Waals surface area contributed by atoms with Crippen LogP contribution in [0.15, 0.2) is 6.07 Å². The first-order valence-electron chi connectivity index (χ1n) is 10.7. The number of carbonyl (C=O) groups is 1. The van der Waals surface area contributed by atoms with Crippen LogP contribution in [0.5, 0.6) is 0 Å². The minimum atomic E-state index is -4.41. The van der Waals surface area contributed by atoms with Gasteiger partial charge in [0.1, 0.15) is 17.4 Å². The molecule has 0 radical (unpaired) electrons. The Morgan fingerprint density at radius 1 is 1.25 bits per heavy atom. The normalized spacial score (nSPS) is 23.1. The average molecular weight is 451 g/mol. The van der Waals surface area contributed by atoms with Crippen molar-refractivity contribution in [1.82, 2.24) is 19.7 Å². The van der Waals surface area contributed by atoms with Gasteiger partial charge in [-0.15, -0.1) is 0 Å². The van der Waals surface area contributed by atoms with E-state index in [1.807, 2.05) is 32.7 Å². The molecule has 1 aliphatic carbocycles. The number of rotatable bonds is 5. The highest BCUT2D eigenvalue weighted by molar-refractivity contribution is 6.03. The molecule has 32 heavy (non-hydrogen) atoms. The van der Waals surface area contributed by atoms with E-state index in [2.05, 4.69) is 25.7 Å². The maximum absolute atomic E-state index is 13.2. The summed E-state index contributed by atoms with van der Waals surface area (Å²) in [5.74, 6) is 1.26. The van der Waals surface area contributed by atoms with Crippen molar-refractivity contribution < 1.29 is 18.0 Å². The quantitative estimate of drug-likeness (QED) is 0.722. The van der Waals surface area contributed by atoms with Crippen molar-refractivity contribution in [3.63, 3.8) is 0 Å². The lowest BCUT2D eigenvalue weighted by atomic mass is 9.80. The number of hydrogen-bond acceptors (Lipinski definition) is 6. The molecule has 2 aromatic rings. The zero-order valence-corrected chi connectivity index (χ0v) is 18.8. The molecule has 0 aromatic carbocycles. The molecule has 0 bridgehead atoms. The number of anilines is 3. The zero-order valence-electron chi connectivity index (χ0n) is 18.8. The Morgan fingerprint density at radius 2 is 1.94 bits per heavy atom. The number of amides is 1. The lowest BCUT2D eigenvalue weighted by Gasteiger charge is -2.38. The fourth-order valence-electron chi connectivity index (χ4n) is 4.62. The van der Waals surface area contributed by atoms with Gasteiger partial charge in [0.2, 0.25) is 11.9 Å². The monoisotopic (exact) mass is 451 g/mol. The van der Waals surface area contributed by atoms with Crippen LogP contribution in [0.2, 0.25) is 0 Å². The summed E-state index contributed by atoms with van der Waals surface area (Å²) in [4.78, 5) is 23.4. The van der Waals surface area contributed by atoms with Gasteiger partial charge in [-0.05, 0) is 44.6 Å². The Balaban J connectivity index is 1.42. The molecule has 2 aliphatic rings. The highest BCUT2D eigenvalue weighted by Crippen LogP contribution is 2.37. The van der Waals surface area contributed by atoms with Crippen molar-refractivity contribution in [2.24, 2.45) is 11.8 Å². The number of halogens is 3. The van der Waals surface area contributed by atoms with Gasteiger partial charge < -0.3 is 15.5 Å². The van der Waals surface area contributed by atoms with Gasteiger partial charge in [0.25, 0.3) is 0 Å². The topological polar surface area (TPSA) is 88.0 Å². The molecule has 3 heterocycles. The average Bonchev–Trinajstić information content (AvgIpc) is 3.01. The van der Waals surface area contributed by atoms with Gasteiger partial charge in [0.15, 0.2) is 5.82 Å². The molecular weight excluding hydrogens is 423 g/mol. The molecule has 174 valence electrons. The molecule has 1 amide bonds. The summed E-state index contributed by atoms with van der Waals surface area (Å²) in [6.07, 6.45) is -3.00. The fourth-order valence-corrected chi connectivity index (χ4v) is 4.62. The third-order valence-electron chi connectivity index (χ3n) is 6.16. The molecule has 8 nitrogen and oxygen atoms in total. The molecule has 1 atom stereocenters. The number of nitrogens with one attached hydrogen (secondary N) is 2. The van der Waals surface area contributed by atoms with Gasteiger partial charge in [-0.1, -0.05) is 13.8 Å². The Kier molecular flexibility index (Phi) is 5.54. The van der Waals surface area contributed by atoms with Gasteiger partial charge >= 0.3 is 6.18 Å². The smallest absolute Gasteiger partial charge is 0.351 e. The molecular formula is C21H28F3N7O. The molecule has 1 fully saturated rings. The van der Waals surface area contributed by atoms with E-state index in [0.717, 1.165) is 10.7 Å². The third kappa shape index (κ3) is 4.12. The fraction of sp³-hybridized carbons (Fsp3) is 0.619. The van der Waals surface area contributed by atoms with Crippen molar-refractivity contribution in [1.29, 1.82) is 0 Å². The summed E-state index contributed by atoms with van der Waals surface area (Å²) in [6.45, 7) is 7.58. The van der Waals surface area contributed by atoms with Gasteiger partial charge in [0, 0.05) is 19.6 Å². The van der Waals surface area contributed by atoms with Gasteiger partial charge in [-0.2, -0.15) is 23.3 Å². The highest BCUT2D eigenvalue weighted by atomic mass is 19.4. The number of carbonyl (C=O) groups excluding carboxylic acids is 1. The number of likely N-dealkylation sites (N-methyl/N-ethyl adjacent to an activating group) is 1. The van der Waals surface area contributed by atoms with Crippen LogP contribution >= 0.6 is 0 Å². The standard InChI is InChI=1S/C21H28F3N7O/c1-10(2)17-19(32)27-16-12(4)25-20(28-18(16)30(17)5)26-14-7-13(8-14)9-31-15(21(22,23)24)6-11(3)29-31/h6,10,13-14,17H,7-9H2,1-5H3,(H,27,32)(H,25,26,28)/t13-,14+,17?. The molecule has 1 aliphatic heterocycles. The van der Waals surface area contributed by atoms with Crippen LogP contribution < -0.4 is 15.5 Å². The molecule has 11 heteroatoms. The summed E-state index contributed by atoms with van der Waals surface area (Å²) in [6, 6.07) is 0.837. The Morgan fingerprint density at radius 3 is 2.56 bits per heavy atom. The number of nitrogens with zero attached hydrogens (tertiary/aromatic N) is 5. The van der Waals surface area contributed by atoms with E-state index in [-0.39, 0.29) is 36.4 Å². The lowest BCUT2D eigenvalue weighted by Crippen LogP contribution is -2.50. The van der Waals surface area contributed by atoms with Crippen molar-refractivity contribution in [3.8, 4) is 0 Å². The van der Waals surface area contributed by atoms with Crippen molar-refractivity contribution >= 4 is 23.4 Å². The van der Waals surface area contributed by atoms with Crippen LogP contribution in [0.25, 0.3) is 0 Å². The van der Waals surface area contributed by atoms with E-state index in [9.17, 15) is 18.0 Å². The minimum absolute atomic E-state index is 0.0728. The van der Waals surface area contributed by atoms with E-state index >= 15 is 0 Å². The molecule has 1 saturated carbocycles. The zero-order chi connectivity index (χ0) is 23.4. The van der Waals surface area contributed by atoms with E-state index in [0.29, 0.717) is 41.7 Å². The van der Waals surface area contributed by atoms with Crippen molar-refractivity contribution in [2.45, 2.75) is 65.3 Å². The van der Waals surface area contributed by atoms with Crippen LogP contribution in [0.4, 0.5) is 30.6 Å². The number of fused-ring (bicyclic) bond motifs is 1.